The van der Waals surface area contributed by atoms with Gasteiger partial charge in [-0.05, 0) is 77.8 Å². The van der Waals surface area contributed by atoms with Gasteiger partial charge in [-0.2, -0.15) is 5.10 Å². The van der Waals surface area contributed by atoms with E-state index in [2.05, 4.69) is 22.3 Å². The highest BCUT2D eigenvalue weighted by Gasteiger charge is 2.92. The summed E-state index contributed by atoms with van der Waals surface area (Å²) in [5.74, 6) is -0.727. The molecule has 2 aliphatic heterocycles. The molecule has 1 amide bonds. The first-order chi connectivity index (χ1) is 34.1. The van der Waals surface area contributed by atoms with E-state index in [-0.39, 0.29) is 36.4 Å². The van der Waals surface area contributed by atoms with Gasteiger partial charge in [-0.25, -0.2) is 18.9 Å². The lowest BCUT2D eigenvalue weighted by atomic mass is 10.0. The lowest BCUT2D eigenvalue weighted by Gasteiger charge is -2.27. The number of nitrogens with one attached hydrogen (secondary N) is 1. The SMILES string of the molecule is CCCCCCCCCCCCCCCCCCOC[C@H](COP(=O)(Oc1ccccc1Cl)OC1[C@@]2(C)O[C@@H](c3ccc4c(NC(=O)OC(C)(C)C)ncnn34)[C@@H]3OC(C)(C)O[C@@]132)OCc1ccccc1. The maximum atomic E-state index is 15.2. The number of phosphoric ester groups is 1. The zero-order valence-corrected chi connectivity index (χ0v) is 44.7. The van der Waals surface area contributed by atoms with Crippen molar-refractivity contribution in [1.82, 2.24) is 14.6 Å². The largest absolute Gasteiger partial charge is 0.530 e. The molecule has 1 N–H and O–H groups in total. The van der Waals surface area contributed by atoms with Crippen LogP contribution in [0.2, 0.25) is 5.02 Å². The molecule has 392 valence electrons. The summed E-state index contributed by atoms with van der Waals surface area (Å²) in [5.41, 5.74) is -1.08. The number of hydrogen-bond donors (Lipinski definition) is 1. The Bertz CT molecular complexity index is 2350. The number of aromatic nitrogens is 3. The van der Waals surface area contributed by atoms with Crippen LogP contribution in [0.3, 0.4) is 0 Å². The molecule has 1 spiro atoms. The quantitative estimate of drug-likeness (QED) is 0.0375. The molecular formula is C54H78ClN4O11P. The van der Waals surface area contributed by atoms with Crippen LogP contribution in [-0.4, -0.2) is 81.4 Å². The van der Waals surface area contributed by atoms with Crippen LogP contribution in [0.1, 0.15) is 169 Å². The number of amides is 1. The smallest absolute Gasteiger partial charge is 0.444 e. The third-order valence-electron chi connectivity index (χ3n) is 13.3. The average molecular weight is 1030 g/mol. The molecule has 4 aromatic rings. The van der Waals surface area contributed by atoms with E-state index in [0.717, 1.165) is 18.4 Å². The Morgan fingerprint density at radius 1 is 0.831 bits per heavy atom. The Morgan fingerprint density at radius 3 is 2.11 bits per heavy atom. The number of carbonyl (C=O) groups excluding carboxylic acids is 1. The summed E-state index contributed by atoms with van der Waals surface area (Å²) in [7, 11) is -4.55. The molecule has 17 heteroatoms. The highest BCUT2D eigenvalue weighted by Crippen LogP contribution is 2.74. The minimum atomic E-state index is -4.55. The second kappa shape index (κ2) is 25.1. The molecule has 4 heterocycles. The van der Waals surface area contributed by atoms with Crippen molar-refractivity contribution in [3.63, 3.8) is 0 Å². The number of benzene rings is 2. The first-order valence-corrected chi connectivity index (χ1v) is 27.9. The summed E-state index contributed by atoms with van der Waals surface area (Å²) in [5, 5.41) is 7.45. The zero-order chi connectivity index (χ0) is 50.5. The molecule has 3 aliphatic rings. The van der Waals surface area contributed by atoms with Gasteiger partial charge in [-0.15, -0.1) is 0 Å². The summed E-state index contributed by atoms with van der Waals surface area (Å²) in [6.45, 7) is 13.9. The molecule has 3 fully saturated rings. The molecule has 1 aliphatic carbocycles. The second-order valence-electron chi connectivity index (χ2n) is 20.8. The molecule has 2 aromatic carbocycles. The maximum Gasteiger partial charge on any atom is 0.530 e. The lowest BCUT2D eigenvalue weighted by Crippen LogP contribution is -2.33. The van der Waals surface area contributed by atoms with Gasteiger partial charge in [0.1, 0.15) is 53.2 Å². The van der Waals surface area contributed by atoms with Gasteiger partial charge in [0.15, 0.2) is 17.2 Å². The van der Waals surface area contributed by atoms with E-state index in [1.54, 1.807) is 69.5 Å². The number of carbonyl (C=O) groups is 1. The molecule has 2 aromatic heterocycles. The van der Waals surface area contributed by atoms with Crippen molar-refractivity contribution in [2.24, 2.45) is 0 Å². The number of fused-ring (bicyclic) bond motifs is 1. The van der Waals surface area contributed by atoms with Crippen LogP contribution >= 0.6 is 19.4 Å². The first kappa shape index (κ1) is 55.1. The van der Waals surface area contributed by atoms with Crippen LogP contribution in [0.4, 0.5) is 10.6 Å². The number of unbranched alkanes of at least 4 members (excludes halogenated alkanes) is 15. The number of nitrogens with zero attached hydrogens (tertiary/aromatic N) is 3. The van der Waals surface area contributed by atoms with Gasteiger partial charge in [0.05, 0.1) is 30.5 Å². The molecule has 2 saturated heterocycles. The Balaban J connectivity index is 0.970. The van der Waals surface area contributed by atoms with E-state index >= 15 is 4.57 Å². The Hall–Kier alpha value is -3.63. The third-order valence-corrected chi connectivity index (χ3v) is 15.0. The number of anilines is 1. The van der Waals surface area contributed by atoms with E-state index in [4.69, 9.17) is 53.6 Å². The molecule has 1 saturated carbocycles. The number of hydrogen-bond acceptors (Lipinski definition) is 13. The molecule has 15 nitrogen and oxygen atoms in total. The van der Waals surface area contributed by atoms with Gasteiger partial charge >= 0.3 is 13.9 Å². The topological polar surface area (TPSA) is 159 Å². The maximum absolute atomic E-state index is 15.2. The minimum absolute atomic E-state index is 0.113. The number of halogens is 1. The molecule has 0 radical (unpaired) electrons. The van der Waals surface area contributed by atoms with Gasteiger partial charge in [0.2, 0.25) is 0 Å². The van der Waals surface area contributed by atoms with Crippen LogP contribution in [0.5, 0.6) is 5.75 Å². The van der Waals surface area contributed by atoms with Gasteiger partial charge < -0.3 is 32.9 Å². The van der Waals surface area contributed by atoms with Crippen molar-refractivity contribution in [1.29, 1.82) is 0 Å². The fourth-order valence-corrected chi connectivity index (χ4v) is 11.5. The van der Waals surface area contributed by atoms with Crippen molar-refractivity contribution >= 4 is 36.9 Å². The average Bonchev–Trinajstić information content (AvgIpc) is 3.71. The van der Waals surface area contributed by atoms with Crippen molar-refractivity contribution in [2.75, 3.05) is 25.1 Å². The highest BCUT2D eigenvalue weighted by atomic mass is 35.5. The van der Waals surface area contributed by atoms with Crippen LogP contribution < -0.4 is 9.84 Å². The fraction of sp³-hybridized carbons (Fsp3) is 0.648. The number of phosphoric acid groups is 1. The minimum Gasteiger partial charge on any atom is -0.444 e. The van der Waals surface area contributed by atoms with E-state index in [1.165, 1.54) is 96.2 Å². The van der Waals surface area contributed by atoms with Crippen molar-refractivity contribution in [3.8, 4) is 5.75 Å². The molecular weight excluding hydrogens is 947 g/mol. The van der Waals surface area contributed by atoms with Crippen LogP contribution in [0.15, 0.2) is 73.1 Å². The standard InChI is InChI=1S/C54H78ClN4O11P/c1-8-9-10-11-12-13-14-15-16-17-18-19-20-21-22-28-35-62-37-41(63-36-40-29-24-23-25-30-40)38-64-71(61,68-45-32-27-26-31-42(45)55)69-49-53(7)54(49)47(66-52(5,6)70-54)46(65-53)43-33-34-44-48(56-39-57-59(43)44)58-50(60)67-51(2,3)4/h23-27,29-34,39,41,46-47,49H,8-22,28,35-38H2,1-7H3,(H,56,57,58,60)/t41-,46+,47+,49?,53-,54-,71?/m1/s1. The van der Waals surface area contributed by atoms with Crippen LogP contribution in [-0.2, 0) is 48.6 Å². The summed E-state index contributed by atoms with van der Waals surface area (Å²) < 4.78 is 73.9. The number of ether oxygens (including phenoxy) is 6. The van der Waals surface area contributed by atoms with Crippen molar-refractivity contribution in [3.05, 3.63) is 89.3 Å². The molecule has 7 rings (SSSR count). The van der Waals surface area contributed by atoms with E-state index in [0.29, 0.717) is 17.8 Å². The summed E-state index contributed by atoms with van der Waals surface area (Å²) >= 11 is 6.58. The van der Waals surface area contributed by atoms with E-state index in [1.807, 2.05) is 43.3 Å². The van der Waals surface area contributed by atoms with E-state index < -0.39 is 60.9 Å². The van der Waals surface area contributed by atoms with Gasteiger partial charge in [0, 0.05) is 6.61 Å². The van der Waals surface area contributed by atoms with E-state index in [9.17, 15) is 4.79 Å². The van der Waals surface area contributed by atoms with Gasteiger partial charge in [0.25, 0.3) is 0 Å². The molecule has 2 unspecified atom stereocenters. The second-order valence-corrected chi connectivity index (χ2v) is 22.8. The molecule has 71 heavy (non-hydrogen) atoms. The fourth-order valence-electron chi connectivity index (χ4n) is 9.76. The summed E-state index contributed by atoms with van der Waals surface area (Å²) in [6.07, 6.45) is 18.3. The Labute approximate surface area is 426 Å². The monoisotopic (exact) mass is 1020 g/mol. The van der Waals surface area contributed by atoms with Gasteiger partial charge in [-0.3, -0.25) is 14.4 Å². The highest BCUT2D eigenvalue weighted by molar-refractivity contribution is 7.49. The summed E-state index contributed by atoms with van der Waals surface area (Å²) in [4.78, 5) is 17.0. The number of para-hydroxylation sites is 1. The van der Waals surface area contributed by atoms with Crippen molar-refractivity contribution in [2.45, 2.75) is 205 Å². The Morgan fingerprint density at radius 2 is 1.46 bits per heavy atom. The predicted molar refractivity (Wildman–Crippen MR) is 274 cm³/mol. The first-order valence-electron chi connectivity index (χ1n) is 26.1. The molecule has 0 bridgehead atoms. The zero-order valence-electron chi connectivity index (χ0n) is 43.0. The lowest BCUT2D eigenvalue weighted by molar-refractivity contribution is -0.186. The normalized spacial score (nSPS) is 23.5. The third kappa shape index (κ3) is 14.6. The molecule has 7 atom stereocenters. The van der Waals surface area contributed by atoms with Gasteiger partial charge in [-0.1, -0.05) is 157 Å². The van der Waals surface area contributed by atoms with Crippen molar-refractivity contribution < 1.29 is 51.4 Å². The Kier molecular flexibility index (Phi) is 19.5. The predicted octanol–water partition coefficient (Wildman–Crippen LogP) is 13.9. The van der Waals surface area contributed by atoms with Crippen LogP contribution in [0, 0.1) is 0 Å². The summed E-state index contributed by atoms with van der Waals surface area (Å²) in [6, 6.07) is 20.1. The number of rotatable bonds is 31. The van der Waals surface area contributed by atoms with Crippen LogP contribution in [0.25, 0.3) is 5.52 Å².